The van der Waals surface area contributed by atoms with Crippen LogP contribution in [0.3, 0.4) is 0 Å². The maximum Gasteiger partial charge on any atom is 0.338 e. The van der Waals surface area contributed by atoms with E-state index >= 15 is 0 Å². The van der Waals surface area contributed by atoms with Gasteiger partial charge in [-0.05, 0) is 31.9 Å². The number of unbranched alkanes of at least 4 members (excludes halogenated alkanes) is 1. The average molecular weight is 262 g/mol. The van der Waals surface area contributed by atoms with Gasteiger partial charge in [-0.1, -0.05) is 24.3 Å². The molecular formula is C15H18O4. The smallest absolute Gasteiger partial charge is 0.338 e. The first-order valence-corrected chi connectivity index (χ1v) is 6.16. The minimum Gasteiger partial charge on any atom is -0.463 e. The van der Waals surface area contributed by atoms with Crippen LogP contribution in [0.2, 0.25) is 0 Å². The summed E-state index contributed by atoms with van der Waals surface area (Å²) >= 11 is 0. The van der Waals surface area contributed by atoms with Gasteiger partial charge in [0.15, 0.2) is 0 Å². The van der Waals surface area contributed by atoms with Gasteiger partial charge in [0.1, 0.15) is 0 Å². The van der Waals surface area contributed by atoms with E-state index in [1.54, 1.807) is 12.1 Å². The van der Waals surface area contributed by atoms with E-state index in [0.717, 1.165) is 11.6 Å². The molecule has 0 unspecified atom stereocenters. The van der Waals surface area contributed by atoms with Gasteiger partial charge < -0.3 is 9.47 Å². The Morgan fingerprint density at radius 1 is 1.11 bits per heavy atom. The summed E-state index contributed by atoms with van der Waals surface area (Å²) in [5, 5.41) is 0. The number of carbonyl (C=O) groups excluding carboxylic acids is 2. The number of aryl methyl sites for hydroxylation is 1. The molecule has 0 amide bonds. The first-order valence-electron chi connectivity index (χ1n) is 6.16. The molecule has 19 heavy (non-hydrogen) atoms. The number of rotatable bonds is 7. The van der Waals surface area contributed by atoms with E-state index in [0.29, 0.717) is 31.6 Å². The summed E-state index contributed by atoms with van der Waals surface area (Å²) in [6, 6.07) is 7.21. The number of carbonyl (C=O) groups is 2. The van der Waals surface area contributed by atoms with Crippen LogP contribution in [0.1, 0.15) is 28.8 Å². The number of esters is 2. The molecule has 0 spiro atoms. The molecule has 0 aliphatic rings. The highest BCUT2D eigenvalue weighted by Crippen LogP contribution is 2.05. The number of hydrogen-bond acceptors (Lipinski definition) is 4. The van der Waals surface area contributed by atoms with E-state index in [9.17, 15) is 9.59 Å². The van der Waals surface area contributed by atoms with Crippen LogP contribution in [0.4, 0.5) is 0 Å². The van der Waals surface area contributed by atoms with Crippen molar-refractivity contribution in [2.24, 2.45) is 0 Å². The Balaban J connectivity index is 2.15. The van der Waals surface area contributed by atoms with Crippen molar-refractivity contribution in [2.45, 2.75) is 19.8 Å². The van der Waals surface area contributed by atoms with Gasteiger partial charge in [-0.2, -0.15) is 0 Å². The molecule has 1 aromatic rings. The predicted molar refractivity (Wildman–Crippen MR) is 71.9 cm³/mol. The minimum atomic E-state index is -0.434. The van der Waals surface area contributed by atoms with E-state index in [4.69, 9.17) is 9.47 Å². The summed E-state index contributed by atoms with van der Waals surface area (Å²) in [6.45, 7) is 5.88. The van der Waals surface area contributed by atoms with Crippen molar-refractivity contribution in [1.82, 2.24) is 0 Å². The predicted octanol–water partition coefficient (Wildman–Crippen LogP) is 2.66. The van der Waals surface area contributed by atoms with Gasteiger partial charge in [0, 0.05) is 6.08 Å². The zero-order valence-corrected chi connectivity index (χ0v) is 11.1. The number of hydrogen-bond donors (Lipinski definition) is 0. The lowest BCUT2D eigenvalue weighted by atomic mass is 10.1. The van der Waals surface area contributed by atoms with Crippen LogP contribution >= 0.6 is 0 Å². The molecule has 0 aliphatic carbocycles. The molecule has 0 atom stereocenters. The first kappa shape index (κ1) is 15.0. The lowest BCUT2D eigenvalue weighted by Crippen LogP contribution is -2.08. The Morgan fingerprint density at radius 3 is 2.26 bits per heavy atom. The zero-order chi connectivity index (χ0) is 14.1. The second-order valence-electron chi connectivity index (χ2n) is 4.08. The van der Waals surface area contributed by atoms with Crippen molar-refractivity contribution in [3.05, 3.63) is 48.0 Å². The van der Waals surface area contributed by atoms with Gasteiger partial charge in [0.05, 0.1) is 18.8 Å². The van der Waals surface area contributed by atoms with Gasteiger partial charge in [0.2, 0.25) is 0 Å². The molecule has 0 N–H and O–H groups in total. The Bertz CT molecular complexity index is 434. The van der Waals surface area contributed by atoms with Crippen LogP contribution < -0.4 is 0 Å². The van der Waals surface area contributed by atoms with Gasteiger partial charge in [-0.3, -0.25) is 0 Å². The molecule has 0 fully saturated rings. The fourth-order valence-electron chi connectivity index (χ4n) is 1.37. The van der Waals surface area contributed by atoms with Crippen molar-refractivity contribution >= 4 is 11.9 Å². The highest BCUT2D eigenvalue weighted by molar-refractivity contribution is 5.89. The van der Waals surface area contributed by atoms with Crippen molar-refractivity contribution in [1.29, 1.82) is 0 Å². The molecule has 0 saturated carbocycles. The molecule has 0 aliphatic heterocycles. The van der Waals surface area contributed by atoms with Crippen LogP contribution in [0.5, 0.6) is 0 Å². The summed E-state index contributed by atoms with van der Waals surface area (Å²) in [5.41, 5.74) is 1.64. The van der Waals surface area contributed by atoms with E-state index in [2.05, 4.69) is 6.58 Å². The monoisotopic (exact) mass is 262 g/mol. The molecule has 0 aromatic heterocycles. The third kappa shape index (κ3) is 5.86. The molecule has 0 bridgehead atoms. The molecular weight excluding hydrogens is 244 g/mol. The van der Waals surface area contributed by atoms with Crippen molar-refractivity contribution in [3.8, 4) is 0 Å². The maximum absolute atomic E-state index is 11.6. The Morgan fingerprint density at radius 2 is 1.68 bits per heavy atom. The van der Waals surface area contributed by atoms with Crippen molar-refractivity contribution in [2.75, 3.05) is 13.2 Å². The topological polar surface area (TPSA) is 52.6 Å². The largest absolute Gasteiger partial charge is 0.463 e. The lowest BCUT2D eigenvalue weighted by Gasteiger charge is -2.05. The highest BCUT2D eigenvalue weighted by Gasteiger charge is 2.05. The minimum absolute atomic E-state index is 0.312. The number of benzene rings is 1. The van der Waals surface area contributed by atoms with Crippen LogP contribution in [-0.2, 0) is 14.3 Å². The highest BCUT2D eigenvalue weighted by atomic mass is 16.5. The second kappa shape index (κ2) is 8.08. The van der Waals surface area contributed by atoms with Gasteiger partial charge in [-0.25, -0.2) is 9.59 Å². The Kier molecular flexibility index (Phi) is 6.36. The molecule has 1 rings (SSSR count). The molecule has 102 valence electrons. The summed E-state index contributed by atoms with van der Waals surface area (Å²) in [7, 11) is 0. The standard InChI is InChI=1S/C15H18O4/c1-3-14(16)18-10-4-5-11-19-15(17)13-8-6-12(2)7-9-13/h3,6-9H,1,4-5,10-11H2,2H3. The average Bonchev–Trinajstić information content (AvgIpc) is 2.42. The summed E-state index contributed by atoms with van der Waals surface area (Å²) in [6.07, 6.45) is 2.43. The van der Waals surface area contributed by atoms with Crippen LogP contribution in [0.15, 0.2) is 36.9 Å². The zero-order valence-electron chi connectivity index (χ0n) is 11.1. The summed E-state index contributed by atoms with van der Waals surface area (Å²) in [4.78, 5) is 22.4. The third-order valence-corrected chi connectivity index (χ3v) is 2.47. The third-order valence-electron chi connectivity index (χ3n) is 2.47. The van der Waals surface area contributed by atoms with Gasteiger partial charge in [-0.15, -0.1) is 0 Å². The molecule has 0 saturated heterocycles. The lowest BCUT2D eigenvalue weighted by molar-refractivity contribution is -0.137. The summed E-state index contributed by atoms with van der Waals surface area (Å²) in [5.74, 6) is -0.764. The Labute approximate surface area is 113 Å². The first-order chi connectivity index (χ1) is 9.13. The van der Waals surface area contributed by atoms with Crippen molar-refractivity contribution < 1.29 is 19.1 Å². The van der Waals surface area contributed by atoms with Crippen LogP contribution in [-0.4, -0.2) is 25.2 Å². The fraction of sp³-hybridized carbons (Fsp3) is 0.333. The van der Waals surface area contributed by atoms with Crippen LogP contribution in [0.25, 0.3) is 0 Å². The molecule has 0 radical (unpaired) electrons. The fourth-order valence-corrected chi connectivity index (χ4v) is 1.37. The SMILES string of the molecule is C=CC(=O)OCCCCOC(=O)c1ccc(C)cc1. The quantitative estimate of drug-likeness (QED) is 0.430. The van der Waals surface area contributed by atoms with E-state index in [1.807, 2.05) is 19.1 Å². The van der Waals surface area contributed by atoms with E-state index in [1.165, 1.54) is 0 Å². The van der Waals surface area contributed by atoms with Crippen LogP contribution in [0, 0.1) is 6.92 Å². The van der Waals surface area contributed by atoms with Gasteiger partial charge >= 0.3 is 11.9 Å². The molecule has 0 heterocycles. The maximum atomic E-state index is 11.6. The van der Waals surface area contributed by atoms with E-state index < -0.39 is 5.97 Å². The number of ether oxygens (including phenoxy) is 2. The van der Waals surface area contributed by atoms with Gasteiger partial charge in [0.25, 0.3) is 0 Å². The molecule has 4 nitrogen and oxygen atoms in total. The molecule has 4 heteroatoms. The Hall–Kier alpha value is -2.10. The molecule has 1 aromatic carbocycles. The van der Waals surface area contributed by atoms with E-state index in [-0.39, 0.29) is 5.97 Å². The van der Waals surface area contributed by atoms with Crippen molar-refractivity contribution in [3.63, 3.8) is 0 Å². The summed E-state index contributed by atoms with van der Waals surface area (Å²) < 4.78 is 9.90. The normalized spacial score (nSPS) is 9.74. The second-order valence-corrected chi connectivity index (χ2v) is 4.08.